The minimum Gasteiger partial charge on any atom is -0.330 e. The average molecular weight is 250 g/mol. The molecule has 2 aromatic rings. The predicted octanol–water partition coefficient (Wildman–Crippen LogP) is 2.05. The molecule has 0 unspecified atom stereocenters. The fourth-order valence-corrected chi connectivity index (χ4v) is 2.77. The monoisotopic (exact) mass is 250 g/mol. The Balaban J connectivity index is 2.30. The van der Waals surface area contributed by atoms with Crippen molar-refractivity contribution in [2.45, 2.75) is 26.7 Å². The minimum atomic E-state index is 0.722. The zero-order valence-corrected chi connectivity index (χ0v) is 11.3. The van der Waals surface area contributed by atoms with Gasteiger partial charge in [0.15, 0.2) is 0 Å². The molecule has 0 bridgehead atoms. The standard InChI is InChI=1S/C12H18N4S/c1-8-12(9(2)16(3)15-8)10-7-17-11(14-10)5-4-6-13/h7H,4-6,13H2,1-3H3. The Hall–Kier alpha value is -1.20. The van der Waals surface area contributed by atoms with Crippen LogP contribution in [0.3, 0.4) is 0 Å². The second kappa shape index (κ2) is 4.98. The molecule has 5 heteroatoms. The summed E-state index contributed by atoms with van der Waals surface area (Å²) < 4.78 is 1.91. The van der Waals surface area contributed by atoms with Gasteiger partial charge in [-0.1, -0.05) is 0 Å². The van der Waals surface area contributed by atoms with Crippen molar-refractivity contribution in [3.8, 4) is 11.3 Å². The van der Waals surface area contributed by atoms with Gasteiger partial charge in [0.1, 0.15) is 0 Å². The second-order valence-electron chi connectivity index (χ2n) is 4.19. The van der Waals surface area contributed by atoms with Crippen molar-refractivity contribution >= 4 is 11.3 Å². The summed E-state index contributed by atoms with van der Waals surface area (Å²) in [6.07, 6.45) is 1.97. The first-order valence-electron chi connectivity index (χ1n) is 5.78. The van der Waals surface area contributed by atoms with Gasteiger partial charge < -0.3 is 5.73 Å². The number of hydrogen-bond donors (Lipinski definition) is 1. The normalized spacial score (nSPS) is 11.1. The van der Waals surface area contributed by atoms with Crippen LogP contribution in [0.1, 0.15) is 22.8 Å². The van der Waals surface area contributed by atoms with E-state index in [4.69, 9.17) is 5.73 Å². The van der Waals surface area contributed by atoms with E-state index in [1.54, 1.807) is 11.3 Å². The molecule has 0 fully saturated rings. The summed E-state index contributed by atoms with van der Waals surface area (Å²) in [7, 11) is 1.97. The molecule has 0 aromatic carbocycles. The van der Waals surface area contributed by atoms with Gasteiger partial charge >= 0.3 is 0 Å². The van der Waals surface area contributed by atoms with Crippen LogP contribution in [0.2, 0.25) is 0 Å². The van der Waals surface area contributed by atoms with E-state index in [-0.39, 0.29) is 0 Å². The van der Waals surface area contributed by atoms with E-state index in [9.17, 15) is 0 Å². The van der Waals surface area contributed by atoms with Crippen LogP contribution in [0.25, 0.3) is 11.3 Å². The summed E-state index contributed by atoms with van der Waals surface area (Å²) in [6.45, 7) is 4.83. The number of nitrogens with zero attached hydrogens (tertiary/aromatic N) is 3. The zero-order chi connectivity index (χ0) is 12.4. The molecule has 0 amide bonds. The van der Waals surface area contributed by atoms with E-state index in [1.807, 2.05) is 18.7 Å². The SMILES string of the molecule is Cc1nn(C)c(C)c1-c1csc(CCCN)n1. The highest BCUT2D eigenvalue weighted by Gasteiger charge is 2.14. The number of hydrogen-bond acceptors (Lipinski definition) is 4. The fourth-order valence-electron chi connectivity index (χ4n) is 1.94. The maximum atomic E-state index is 5.51. The molecule has 4 nitrogen and oxygen atoms in total. The summed E-state index contributed by atoms with van der Waals surface area (Å²) in [5.41, 5.74) is 9.93. The van der Waals surface area contributed by atoms with Gasteiger partial charge in [-0.25, -0.2) is 4.98 Å². The molecule has 0 radical (unpaired) electrons. The molecule has 2 heterocycles. The van der Waals surface area contributed by atoms with Crippen molar-refractivity contribution in [3.63, 3.8) is 0 Å². The van der Waals surface area contributed by atoms with Crippen molar-refractivity contribution in [3.05, 3.63) is 21.8 Å². The van der Waals surface area contributed by atoms with Crippen LogP contribution in [0.15, 0.2) is 5.38 Å². The summed E-state index contributed by atoms with van der Waals surface area (Å²) >= 11 is 1.71. The molecule has 0 saturated carbocycles. The van der Waals surface area contributed by atoms with Gasteiger partial charge in [-0.2, -0.15) is 5.10 Å². The van der Waals surface area contributed by atoms with E-state index in [1.165, 1.54) is 5.56 Å². The van der Waals surface area contributed by atoms with Crippen LogP contribution >= 0.6 is 11.3 Å². The molecule has 0 aliphatic carbocycles. The highest BCUT2D eigenvalue weighted by molar-refractivity contribution is 7.09. The zero-order valence-electron chi connectivity index (χ0n) is 10.5. The number of nitrogens with two attached hydrogens (primary N) is 1. The topological polar surface area (TPSA) is 56.7 Å². The Morgan fingerprint density at radius 2 is 2.18 bits per heavy atom. The maximum Gasteiger partial charge on any atom is 0.0933 e. The Kier molecular flexibility index (Phi) is 3.59. The molecule has 2 aromatic heterocycles. The molecular formula is C12H18N4S. The molecule has 0 atom stereocenters. The van der Waals surface area contributed by atoms with Crippen molar-refractivity contribution in [2.24, 2.45) is 12.8 Å². The third-order valence-electron chi connectivity index (χ3n) is 2.91. The van der Waals surface area contributed by atoms with Gasteiger partial charge in [0.2, 0.25) is 0 Å². The van der Waals surface area contributed by atoms with Crippen LogP contribution in [0, 0.1) is 13.8 Å². The van der Waals surface area contributed by atoms with Gasteiger partial charge in [0, 0.05) is 30.1 Å². The summed E-state index contributed by atoms with van der Waals surface area (Å²) in [5, 5.41) is 7.69. The lowest BCUT2D eigenvalue weighted by molar-refractivity contribution is 0.731. The number of rotatable bonds is 4. The summed E-state index contributed by atoms with van der Waals surface area (Å²) in [6, 6.07) is 0. The number of aromatic nitrogens is 3. The van der Waals surface area contributed by atoms with E-state index in [2.05, 4.69) is 22.4 Å². The van der Waals surface area contributed by atoms with Gasteiger partial charge in [0.25, 0.3) is 0 Å². The van der Waals surface area contributed by atoms with Crippen LogP contribution in [0.5, 0.6) is 0 Å². The van der Waals surface area contributed by atoms with Gasteiger partial charge in [-0.15, -0.1) is 11.3 Å². The lowest BCUT2D eigenvalue weighted by Crippen LogP contribution is -2.00. The quantitative estimate of drug-likeness (QED) is 0.903. The van der Waals surface area contributed by atoms with E-state index >= 15 is 0 Å². The van der Waals surface area contributed by atoms with Gasteiger partial charge in [-0.05, 0) is 26.8 Å². The van der Waals surface area contributed by atoms with Crippen molar-refractivity contribution in [2.75, 3.05) is 6.54 Å². The summed E-state index contributed by atoms with van der Waals surface area (Å²) in [5.74, 6) is 0. The van der Waals surface area contributed by atoms with Gasteiger partial charge in [-0.3, -0.25) is 4.68 Å². The van der Waals surface area contributed by atoms with Crippen molar-refractivity contribution in [1.29, 1.82) is 0 Å². The predicted molar refractivity (Wildman–Crippen MR) is 71.2 cm³/mol. The molecule has 2 N–H and O–H groups in total. The largest absolute Gasteiger partial charge is 0.330 e. The minimum absolute atomic E-state index is 0.722. The molecule has 0 spiro atoms. The smallest absolute Gasteiger partial charge is 0.0933 e. The first-order valence-corrected chi connectivity index (χ1v) is 6.66. The third kappa shape index (κ3) is 2.40. The van der Waals surface area contributed by atoms with Crippen LogP contribution in [-0.4, -0.2) is 21.3 Å². The lowest BCUT2D eigenvalue weighted by Gasteiger charge is -1.97. The number of thiazole rings is 1. The van der Waals surface area contributed by atoms with E-state index in [0.717, 1.165) is 41.5 Å². The molecule has 0 aliphatic heterocycles. The van der Waals surface area contributed by atoms with Gasteiger partial charge in [0.05, 0.1) is 16.4 Å². The third-order valence-corrected chi connectivity index (χ3v) is 3.82. The molecule has 0 aliphatic rings. The van der Waals surface area contributed by atoms with E-state index in [0.29, 0.717) is 0 Å². The molecule has 0 saturated heterocycles. The highest BCUT2D eigenvalue weighted by Crippen LogP contribution is 2.28. The Morgan fingerprint density at radius 1 is 1.41 bits per heavy atom. The Morgan fingerprint density at radius 3 is 2.76 bits per heavy atom. The molecular weight excluding hydrogens is 232 g/mol. The van der Waals surface area contributed by atoms with Crippen LogP contribution in [0.4, 0.5) is 0 Å². The van der Waals surface area contributed by atoms with Crippen LogP contribution in [-0.2, 0) is 13.5 Å². The lowest BCUT2D eigenvalue weighted by atomic mass is 10.1. The first-order chi connectivity index (χ1) is 8.13. The van der Waals surface area contributed by atoms with Crippen LogP contribution < -0.4 is 5.73 Å². The Bertz CT molecular complexity index is 513. The number of aryl methyl sites for hydroxylation is 3. The van der Waals surface area contributed by atoms with E-state index < -0.39 is 0 Å². The first kappa shape index (κ1) is 12.3. The second-order valence-corrected chi connectivity index (χ2v) is 5.13. The molecule has 92 valence electrons. The molecule has 2 rings (SSSR count). The van der Waals surface area contributed by atoms with Crippen molar-refractivity contribution < 1.29 is 0 Å². The Labute approximate surface area is 105 Å². The van der Waals surface area contributed by atoms with Crippen molar-refractivity contribution in [1.82, 2.24) is 14.8 Å². The maximum absolute atomic E-state index is 5.51. The summed E-state index contributed by atoms with van der Waals surface area (Å²) in [4.78, 5) is 4.66. The highest BCUT2D eigenvalue weighted by atomic mass is 32.1. The fraction of sp³-hybridized carbons (Fsp3) is 0.500. The molecule has 17 heavy (non-hydrogen) atoms. The average Bonchev–Trinajstić information content (AvgIpc) is 2.83.